The second-order valence-electron chi connectivity index (χ2n) is 9.64. The number of morpholine rings is 1. The monoisotopic (exact) mass is 455 g/mol. The zero-order valence-corrected chi connectivity index (χ0v) is 19.7. The highest BCUT2D eigenvalue weighted by atomic mass is 16.5. The Morgan fingerprint density at radius 2 is 1.47 bits per heavy atom. The molecule has 1 saturated heterocycles. The smallest absolute Gasteiger partial charge is 0.227 e. The molecule has 0 radical (unpaired) electrons. The standard InChI is InChI=1S/C28H33N5O/c1-3-9-21(10-4-1)26(22-11-5-2-6-12-22)30-27-24-19-33(23-13-7-8-14-23)20-25(24)29-28(31-27)32-15-17-34-18-16-32/h1-6,9-12,23,26H,7-8,13-20H2,(H,29,30,31). The number of hydrogen-bond donors (Lipinski definition) is 1. The summed E-state index contributed by atoms with van der Waals surface area (Å²) in [5.74, 6) is 1.81. The molecular weight excluding hydrogens is 422 g/mol. The van der Waals surface area contributed by atoms with Crippen LogP contribution in [0.15, 0.2) is 60.7 Å². The van der Waals surface area contributed by atoms with Gasteiger partial charge in [-0.05, 0) is 24.0 Å². The first-order chi connectivity index (χ1) is 16.8. The van der Waals surface area contributed by atoms with Gasteiger partial charge in [-0.25, -0.2) is 4.98 Å². The molecule has 6 heteroatoms. The van der Waals surface area contributed by atoms with Crippen molar-refractivity contribution in [1.29, 1.82) is 0 Å². The minimum absolute atomic E-state index is 0.0273. The van der Waals surface area contributed by atoms with E-state index in [4.69, 9.17) is 14.7 Å². The van der Waals surface area contributed by atoms with Crippen LogP contribution in [0.3, 0.4) is 0 Å². The van der Waals surface area contributed by atoms with Crippen LogP contribution in [-0.2, 0) is 17.8 Å². The van der Waals surface area contributed by atoms with Gasteiger partial charge in [-0.2, -0.15) is 4.98 Å². The highest BCUT2D eigenvalue weighted by molar-refractivity contribution is 5.56. The summed E-state index contributed by atoms with van der Waals surface area (Å²) in [5.41, 5.74) is 4.92. The van der Waals surface area contributed by atoms with Crippen LogP contribution in [0.2, 0.25) is 0 Å². The Bertz CT molecular complexity index is 1060. The molecule has 3 heterocycles. The number of fused-ring (bicyclic) bond motifs is 1. The van der Waals surface area contributed by atoms with Crippen molar-refractivity contribution >= 4 is 11.8 Å². The SMILES string of the molecule is c1ccc(C(Nc2nc(N3CCOCC3)nc3c2CN(C2CCCC2)C3)c2ccccc2)cc1. The Labute approximate surface area is 202 Å². The van der Waals surface area contributed by atoms with E-state index < -0.39 is 0 Å². The van der Waals surface area contributed by atoms with Gasteiger partial charge < -0.3 is 15.0 Å². The van der Waals surface area contributed by atoms with E-state index >= 15 is 0 Å². The van der Waals surface area contributed by atoms with Crippen LogP contribution in [0.1, 0.15) is 54.1 Å². The number of hydrogen-bond acceptors (Lipinski definition) is 6. The third-order valence-corrected chi connectivity index (χ3v) is 7.48. The van der Waals surface area contributed by atoms with Gasteiger partial charge in [0.05, 0.1) is 24.9 Å². The van der Waals surface area contributed by atoms with Crippen molar-refractivity contribution in [2.45, 2.75) is 50.9 Å². The third-order valence-electron chi connectivity index (χ3n) is 7.48. The second kappa shape index (κ2) is 9.72. The highest BCUT2D eigenvalue weighted by Gasteiger charge is 2.33. The first-order valence-corrected chi connectivity index (χ1v) is 12.7. The van der Waals surface area contributed by atoms with E-state index in [2.05, 4.69) is 75.8 Å². The van der Waals surface area contributed by atoms with Gasteiger partial charge in [0.25, 0.3) is 0 Å². The Kier molecular flexibility index (Phi) is 6.17. The Morgan fingerprint density at radius 1 is 0.824 bits per heavy atom. The van der Waals surface area contributed by atoms with E-state index in [1.807, 2.05) is 0 Å². The topological polar surface area (TPSA) is 53.5 Å². The third kappa shape index (κ3) is 4.40. The predicted octanol–water partition coefficient (Wildman–Crippen LogP) is 4.77. The van der Waals surface area contributed by atoms with Crippen molar-refractivity contribution in [1.82, 2.24) is 14.9 Å². The molecule has 0 amide bonds. The summed E-state index contributed by atoms with van der Waals surface area (Å²) in [6.07, 6.45) is 5.29. The van der Waals surface area contributed by atoms with Gasteiger partial charge in [0.1, 0.15) is 5.82 Å². The number of aromatic nitrogens is 2. The lowest BCUT2D eigenvalue weighted by Gasteiger charge is -2.28. The van der Waals surface area contributed by atoms with Gasteiger partial charge in [0.15, 0.2) is 0 Å². The van der Waals surface area contributed by atoms with Crippen LogP contribution in [0.25, 0.3) is 0 Å². The van der Waals surface area contributed by atoms with Crippen LogP contribution in [0.4, 0.5) is 11.8 Å². The molecular formula is C28H33N5O. The Hall–Kier alpha value is -2.96. The average Bonchev–Trinajstić information content (AvgIpc) is 3.59. The van der Waals surface area contributed by atoms with Gasteiger partial charge >= 0.3 is 0 Å². The molecule has 3 aromatic rings. The largest absolute Gasteiger partial charge is 0.378 e. The molecule has 1 aliphatic carbocycles. The Balaban J connectivity index is 1.38. The minimum Gasteiger partial charge on any atom is -0.378 e. The Morgan fingerprint density at radius 3 is 2.12 bits per heavy atom. The van der Waals surface area contributed by atoms with Gasteiger partial charge in [0, 0.05) is 37.8 Å². The van der Waals surface area contributed by atoms with Crippen LogP contribution in [0, 0.1) is 0 Å². The van der Waals surface area contributed by atoms with Gasteiger partial charge in [-0.15, -0.1) is 0 Å². The van der Waals surface area contributed by atoms with E-state index in [0.29, 0.717) is 6.04 Å². The van der Waals surface area contributed by atoms with E-state index in [-0.39, 0.29) is 6.04 Å². The maximum atomic E-state index is 5.59. The van der Waals surface area contributed by atoms with Crippen molar-refractivity contribution < 1.29 is 4.74 Å². The number of rotatable bonds is 6. The lowest BCUT2D eigenvalue weighted by molar-refractivity contribution is 0.122. The molecule has 1 aromatic heterocycles. The summed E-state index contributed by atoms with van der Waals surface area (Å²) >= 11 is 0. The summed E-state index contributed by atoms with van der Waals surface area (Å²) in [5, 5.41) is 3.87. The first-order valence-electron chi connectivity index (χ1n) is 12.7. The fourth-order valence-electron chi connectivity index (χ4n) is 5.60. The summed E-state index contributed by atoms with van der Waals surface area (Å²) in [7, 11) is 0. The molecule has 0 spiro atoms. The fourth-order valence-corrected chi connectivity index (χ4v) is 5.60. The van der Waals surface area contributed by atoms with Crippen molar-refractivity contribution in [3.63, 3.8) is 0 Å². The van der Waals surface area contributed by atoms with Crippen molar-refractivity contribution in [3.8, 4) is 0 Å². The van der Waals surface area contributed by atoms with Crippen molar-refractivity contribution in [2.75, 3.05) is 36.5 Å². The van der Waals surface area contributed by atoms with Crippen molar-refractivity contribution in [2.24, 2.45) is 0 Å². The highest BCUT2D eigenvalue weighted by Crippen LogP contribution is 2.36. The molecule has 0 unspecified atom stereocenters. The molecule has 1 saturated carbocycles. The number of ether oxygens (including phenoxy) is 1. The summed E-state index contributed by atoms with van der Waals surface area (Å²) < 4.78 is 5.59. The number of nitrogens with zero attached hydrogens (tertiary/aromatic N) is 4. The summed E-state index contributed by atoms with van der Waals surface area (Å²) in [4.78, 5) is 15.1. The van der Waals surface area contributed by atoms with Crippen LogP contribution in [-0.4, -0.2) is 47.2 Å². The maximum absolute atomic E-state index is 5.59. The molecule has 6 rings (SSSR count). The fraction of sp³-hybridized carbons (Fsp3) is 0.429. The molecule has 2 fully saturated rings. The lowest BCUT2D eigenvalue weighted by atomic mass is 9.98. The lowest BCUT2D eigenvalue weighted by Crippen LogP contribution is -2.37. The molecule has 3 aliphatic rings. The molecule has 1 N–H and O–H groups in total. The molecule has 6 nitrogen and oxygen atoms in total. The quantitative estimate of drug-likeness (QED) is 0.578. The maximum Gasteiger partial charge on any atom is 0.227 e. The molecule has 34 heavy (non-hydrogen) atoms. The molecule has 0 atom stereocenters. The van der Waals surface area contributed by atoms with E-state index in [1.165, 1.54) is 48.1 Å². The van der Waals surface area contributed by atoms with Crippen LogP contribution >= 0.6 is 0 Å². The summed E-state index contributed by atoms with van der Waals surface area (Å²) in [6, 6.07) is 22.1. The van der Waals surface area contributed by atoms with Gasteiger partial charge in [-0.1, -0.05) is 73.5 Å². The molecule has 2 aromatic carbocycles. The van der Waals surface area contributed by atoms with E-state index in [0.717, 1.165) is 51.2 Å². The normalized spacial score (nSPS) is 19.0. The van der Waals surface area contributed by atoms with E-state index in [9.17, 15) is 0 Å². The zero-order valence-electron chi connectivity index (χ0n) is 19.7. The zero-order chi connectivity index (χ0) is 22.7. The van der Waals surface area contributed by atoms with Crippen LogP contribution in [0.5, 0.6) is 0 Å². The summed E-state index contributed by atoms with van der Waals surface area (Å²) in [6.45, 7) is 5.00. The molecule has 0 bridgehead atoms. The average molecular weight is 456 g/mol. The second-order valence-corrected chi connectivity index (χ2v) is 9.64. The van der Waals surface area contributed by atoms with Crippen LogP contribution < -0.4 is 10.2 Å². The van der Waals surface area contributed by atoms with Gasteiger partial charge in [0.2, 0.25) is 5.95 Å². The molecule has 176 valence electrons. The minimum atomic E-state index is 0.0273. The van der Waals surface area contributed by atoms with Crippen molar-refractivity contribution in [3.05, 3.63) is 83.0 Å². The van der Waals surface area contributed by atoms with E-state index in [1.54, 1.807) is 0 Å². The predicted molar refractivity (Wildman–Crippen MR) is 135 cm³/mol. The van der Waals surface area contributed by atoms with Gasteiger partial charge in [-0.3, -0.25) is 4.90 Å². The number of benzene rings is 2. The number of nitrogens with one attached hydrogen (secondary N) is 1. The first kappa shape index (κ1) is 21.6. The molecule has 2 aliphatic heterocycles. The number of anilines is 2.